The van der Waals surface area contributed by atoms with E-state index in [0.717, 1.165) is 31.9 Å². The van der Waals surface area contributed by atoms with E-state index in [2.05, 4.69) is 27.0 Å². The highest BCUT2D eigenvalue weighted by atomic mass is 16.2. The third kappa shape index (κ3) is 3.47. The predicted molar refractivity (Wildman–Crippen MR) is 85.6 cm³/mol. The van der Waals surface area contributed by atoms with Gasteiger partial charge in [0.15, 0.2) is 0 Å². The van der Waals surface area contributed by atoms with Crippen LogP contribution in [0.4, 0.5) is 4.79 Å². The topological polar surface area (TPSA) is 50.2 Å². The Balaban J connectivity index is 1.36. The lowest BCUT2D eigenvalue weighted by Crippen LogP contribution is -2.55. The van der Waals surface area contributed by atoms with Gasteiger partial charge in [-0.2, -0.15) is 0 Å². The van der Waals surface area contributed by atoms with Gasteiger partial charge in [0.05, 0.1) is 0 Å². The fourth-order valence-corrected chi connectivity index (χ4v) is 2.80. The van der Waals surface area contributed by atoms with Crippen molar-refractivity contribution < 1.29 is 4.79 Å². The molecule has 116 valence electrons. The van der Waals surface area contributed by atoms with Crippen molar-refractivity contribution in [2.24, 2.45) is 5.92 Å². The zero-order valence-corrected chi connectivity index (χ0v) is 12.9. The average Bonchev–Trinajstić information content (AvgIpc) is 2.88. The maximum atomic E-state index is 12.0. The largest absolute Gasteiger partial charge is 0.338 e. The summed E-state index contributed by atoms with van der Waals surface area (Å²) in [7, 11) is 0. The zero-order chi connectivity index (χ0) is 15.4. The van der Waals surface area contributed by atoms with Crippen LogP contribution in [0.25, 0.3) is 0 Å². The van der Waals surface area contributed by atoms with Crippen LogP contribution in [0.3, 0.4) is 0 Å². The van der Waals surface area contributed by atoms with Crippen LogP contribution in [-0.4, -0.2) is 40.1 Å². The van der Waals surface area contributed by atoms with Gasteiger partial charge in [-0.3, -0.25) is 0 Å². The average molecular weight is 298 g/mol. The second kappa shape index (κ2) is 6.64. The zero-order valence-electron chi connectivity index (χ0n) is 12.9. The molecule has 1 aromatic carbocycles. The summed E-state index contributed by atoms with van der Waals surface area (Å²) < 4.78 is 2.15. The van der Waals surface area contributed by atoms with Crippen LogP contribution in [0.5, 0.6) is 0 Å². The van der Waals surface area contributed by atoms with Gasteiger partial charge in [-0.25, -0.2) is 9.78 Å². The number of likely N-dealkylation sites (tertiary alicyclic amines) is 1. The molecule has 2 amide bonds. The summed E-state index contributed by atoms with van der Waals surface area (Å²) in [6.45, 7) is 5.29. The number of urea groups is 1. The van der Waals surface area contributed by atoms with Crippen molar-refractivity contribution in [3.05, 3.63) is 54.1 Å². The van der Waals surface area contributed by atoms with Gasteiger partial charge in [0.2, 0.25) is 0 Å². The van der Waals surface area contributed by atoms with Crippen LogP contribution in [0, 0.1) is 12.8 Å². The van der Waals surface area contributed by atoms with E-state index in [-0.39, 0.29) is 6.03 Å². The van der Waals surface area contributed by atoms with Crippen LogP contribution < -0.4 is 5.32 Å². The highest BCUT2D eigenvalue weighted by molar-refractivity contribution is 5.75. The molecule has 5 heteroatoms. The van der Waals surface area contributed by atoms with E-state index in [9.17, 15) is 4.79 Å². The van der Waals surface area contributed by atoms with Crippen LogP contribution in [0.1, 0.15) is 11.4 Å². The second-order valence-corrected chi connectivity index (χ2v) is 5.87. The molecule has 2 aromatic rings. The van der Waals surface area contributed by atoms with Crippen molar-refractivity contribution in [1.29, 1.82) is 0 Å². The number of hydrogen-bond donors (Lipinski definition) is 1. The summed E-state index contributed by atoms with van der Waals surface area (Å²) >= 11 is 0. The number of nitrogens with zero attached hydrogens (tertiary/aromatic N) is 3. The molecular weight excluding hydrogens is 276 g/mol. The molecule has 0 radical (unpaired) electrons. The van der Waals surface area contributed by atoms with Crippen LogP contribution in [0.2, 0.25) is 0 Å². The maximum absolute atomic E-state index is 12.0. The monoisotopic (exact) mass is 298 g/mol. The van der Waals surface area contributed by atoms with E-state index in [0.29, 0.717) is 12.5 Å². The second-order valence-electron chi connectivity index (χ2n) is 5.87. The molecule has 22 heavy (non-hydrogen) atoms. The lowest BCUT2D eigenvalue weighted by Gasteiger charge is -2.39. The number of amides is 2. The SMILES string of the molecule is Cc1nccn1CC1CN(C(=O)NCCc2ccccc2)C1. The molecule has 0 aliphatic carbocycles. The summed E-state index contributed by atoms with van der Waals surface area (Å²) in [5, 5.41) is 2.99. The molecule has 1 fully saturated rings. The third-order valence-corrected chi connectivity index (χ3v) is 4.16. The molecule has 3 rings (SSSR count). The molecule has 5 nitrogen and oxygen atoms in total. The fraction of sp³-hybridized carbons (Fsp3) is 0.412. The van der Waals surface area contributed by atoms with Crippen molar-refractivity contribution in [3.63, 3.8) is 0 Å². The number of nitrogens with one attached hydrogen (secondary N) is 1. The Labute approximate surface area is 131 Å². The molecule has 0 unspecified atom stereocenters. The first-order valence-electron chi connectivity index (χ1n) is 7.77. The minimum Gasteiger partial charge on any atom is -0.338 e. The van der Waals surface area contributed by atoms with Gasteiger partial charge in [0, 0.05) is 44.5 Å². The van der Waals surface area contributed by atoms with E-state index in [1.807, 2.05) is 42.4 Å². The number of aryl methyl sites for hydroxylation is 1. The van der Waals surface area contributed by atoms with Crippen LogP contribution in [-0.2, 0) is 13.0 Å². The van der Waals surface area contributed by atoms with E-state index in [4.69, 9.17) is 0 Å². The number of imidazole rings is 1. The molecular formula is C17H22N4O. The summed E-state index contributed by atoms with van der Waals surface area (Å²) in [5.41, 5.74) is 1.25. The third-order valence-electron chi connectivity index (χ3n) is 4.16. The number of hydrogen-bond acceptors (Lipinski definition) is 2. The highest BCUT2D eigenvalue weighted by Crippen LogP contribution is 2.18. The molecule has 0 spiro atoms. The predicted octanol–water partition coefficient (Wildman–Crippen LogP) is 2.08. The normalized spacial score (nSPS) is 14.7. The Hall–Kier alpha value is -2.30. The van der Waals surface area contributed by atoms with Crippen LogP contribution >= 0.6 is 0 Å². The minimum absolute atomic E-state index is 0.0505. The Morgan fingerprint density at radius 3 is 2.77 bits per heavy atom. The summed E-state index contributed by atoms with van der Waals surface area (Å²) in [5.74, 6) is 1.57. The molecule has 1 saturated heterocycles. The highest BCUT2D eigenvalue weighted by Gasteiger charge is 2.30. The maximum Gasteiger partial charge on any atom is 0.317 e. The summed E-state index contributed by atoms with van der Waals surface area (Å²) in [6.07, 6.45) is 4.69. The number of benzene rings is 1. The Bertz CT molecular complexity index is 617. The van der Waals surface area contributed by atoms with E-state index in [1.165, 1.54) is 5.56 Å². The standard InChI is InChI=1S/C17H22N4O/c1-14-18-9-10-20(14)11-16-12-21(13-16)17(22)19-8-7-15-5-3-2-4-6-15/h2-6,9-10,16H,7-8,11-13H2,1H3,(H,19,22). The molecule has 0 bridgehead atoms. The first-order valence-corrected chi connectivity index (χ1v) is 7.77. The van der Waals surface area contributed by atoms with Gasteiger partial charge in [0.25, 0.3) is 0 Å². The van der Waals surface area contributed by atoms with Gasteiger partial charge < -0.3 is 14.8 Å². The molecule has 1 N–H and O–H groups in total. The van der Waals surface area contributed by atoms with Crippen molar-refractivity contribution in [2.75, 3.05) is 19.6 Å². The van der Waals surface area contributed by atoms with Gasteiger partial charge in [-0.05, 0) is 18.9 Å². The molecule has 1 aliphatic rings. The van der Waals surface area contributed by atoms with Gasteiger partial charge in [-0.1, -0.05) is 30.3 Å². The smallest absolute Gasteiger partial charge is 0.317 e. The Morgan fingerprint density at radius 1 is 1.32 bits per heavy atom. The van der Waals surface area contributed by atoms with Gasteiger partial charge in [0.1, 0.15) is 5.82 Å². The molecule has 1 aliphatic heterocycles. The van der Waals surface area contributed by atoms with Crippen molar-refractivity contribution in [2.45, 2.75) is 19.9 Å². The van der Waals surface area contributed by atoms with E-state index >= 15 is 0 Å². The minimum atomic E-state index is 0.0505. The lowest BCUT2D eigenvalue weighted by molar-refractivity contribution is 0.110. The van der Waals surface area contributed by atoms with Crippen molar-refractivity contribution in [3.8, 4) is 0 Å². The number of aromatic nitrogens is 2. The molecule has 1 aromatic heterocycles. The van der Waals surface area contributed by atoms with E-state index in [1.54, 1.807) is 0 Å². The van der Waals surface area contributed by atoms with Gasteiger partial charge in [-0.15, -0.1) is 0 Å². The Morgan fingerprint density at radius 2 is 2.09 bits per heavy atom. The first-order chi connectivity index (χ1) is 10.7. The van der Waals surface area contributed by atoms with Crippen LogP contribution in [0.15, 0.2) is 42.7 Å². The van der Waals surface area contributed by atoms with Crippen molar-refractivity contribution in [1.82, 2.24) is 19.8 Å². The summed E-state index contributed by atoms with van der Waals surface area (Å²) in [6, 6.07) is 10.3. The van der Waals surface area contributed by atoms with Crippen molar-refractivity contribution >= 4 is 6.03 Å². The quantitative estimate of drug-likeness (QED) is 0.919. The number of rotatable bonds is 5. The number of carbonyl (C=O) groups excluding carboxylic acids is 1. The Kier molecular flexibility index (Phi) is 4.42. The van der Waals surface area contributed by atoms with E-state index < -0.39 is 0 Å². The molecule has 0 saturated carbocycles. The summed E-state index contributed by atoms with van der Waals surface area (Å²) in [4.78, 5) is 18.1. The first kappa shape index (κ1) is 14.6. The molecule has 2 heterocycles. The lowest BCUT2D eigenvalue weighted by atomic mass is 10.0. The fourth-order valence-electron chi connectivity index (χ4n) is 2.80. The van der Waals surface area contributed by atoms with Gasteiger partial charge >= 0.3 is 6.03 Å². The number of carbonyl (C=O) groups is 1. The molecule has 0 atom stereocenters.